The van der Waals surface area contributed by atoms with Crippen molar-refractivity contribution in [1.29, 1.82) is 0 Å². The Morgan fingerprint density at radius 2 is 2.18 bits per heavy atom. The van der Waals surface area contributed by atoms with Gasteiger partial charge in [-0.25, -0.2) is 4.98 Å². The number of nitrogens with two attached hydrogens (primary N) is 1. The standard InChI is InChI=1S/C13H19N3O/c1-2-10-5-7-16(8-6-10)13(17)11-3-4-12(14)15-9-11/h3-4,9-10H,2,5-8H2,1H3,(H2,14,15). The van der Waals surface area contributed by atoms with Crippen LogP contribution in [0, 0.1) is 5.92 Å². The molecule has 1 aromatic heterocycles. The molecule has 0 radical (unpaired) electrons. The monoisotopic (exact) mass is 233 g/mol. The molecule has 92 valence electrons. The van der Waals surface area contributed by atoms with Crippen LogP contribution in [0.5, 0.6) is 0 Å². The number of pyridine rings is 1. The fourth-order valence-electron chi connectivity index (χ4n) is 2.26. The molecule has 1 aliphatic rings. The minimum absolute atomic E-state index is 0.0760. The average molecular weight is 233 g/mol. The summed E-state index contributed by atoms with van der Waals surface area (Å²) in [7, 11) is 0. The number of anilines is 1. The summed E-state index contributed by atoms with van der Waals surface area (Å²) in [5.41, 5.74) is 6.14. The molecule has 2 N–H and O–H groups in total. The molecule has 1 aliphatic heterocycles. The number of rotatable bonds is 2. The van der Waals surface area contributed by atoms with Crippen molar-refractivity contribution in [3.63, 3.8) is 0 Å². The smallest absolute Gasteiger partial charge is 0.255 e. The van der Waals surface area contributed by atoms with Crippen molar-refractivity contribution in [2.45, 2.75) is 26.2 Å². The number of hydrogen-bond donors (Lipinski definition) is 1. The lowest BCUT2D eigenvalue weighted by molar-refractivity contribution is 0.0688. The third kappa shape index (κ3) is 2.75. The number of nitrogens with zero attached hydrogens (tertiary/aromatic N) is 2. The van der Waals surface area contributed by atoms with Gasteiger partial charge in [-0.05, 0) is 30.9 Å². The summed E-state index contributed by atoms with van der Waals surface area (Å²) in [5, 5.41) is 0. The Labute approximate surface area is 102 Å². The van der Waals surface area contributed by atoms with E-state index in [2.05, 4.69) is 11.9 Å². The summed E-state index contributed by atoms with van der Waals surface area (Å²) in [5.74, 6) is 1.31. The van der Waals surface area contributed by atoms with Crippen LogP contribution in [0.15, 0.2) is 18.3 Å². The van der Waals surface area contributed by atoms with Crippen LogP contribution in [-0.2, 0) is 0 Å². The Bertz CT molecular complexity index is 380. The fourth-order valence-corrected chi connectivity index (χ4v) is 2.26. The van der Waals surface area contributed by atoms with Gasteiger partial charge in [0.1, 0.15) is 5.82 Å². The summed E-state index contributed by atoms with van der Waals surface area (Å²) in [6.45, 7) is 3.94. The molecule has 0 unspecified atom stereocenters. The summed E-state index contributed by atoms with van der Waals surface area (Å²) < 4.78 is 0. The zero-order valence-corrected chi connectivity index (χ0v) is 10.2. The summed E-state index contributed by atoms with van der Waals surface area (Å²) >= 11 is 0. The van der Waals surface area contributed by atoms with Crippen LogP contribution in [0.1, 0.15) is 36.5 Å². The molecule has 17 heavy (non-hydrogen) atoms. The molecule has 1 fully saturated rings. The first kappa shape index (κ1) is 11.9. The van der Waals surface area contributed by atoms with Crippen LogP contribution in [0.4, 0.5) is 5.82 Å². The highest BCUT2D eigenvalue weighted by atomic mass is 16.2. The molecule has 4 heteroatoms. The van der Waals surface area contributed by atoms with E-state index in [4.69, 9.17) is 5.73 Å². The number of carbonyl (C=O) groups excluding carboxylic acids is 1. The van der Waals surface area contributed by atoms with E-state index in [-0.39, 0.29) is 5.91 Å². The first-order valence-electron chi connectivity index (χ1n) is 6.21. The van der Waals surface area contributed by atoms with Crippen molar-refractivity contribution in [2.24, 2.45) is 5.92 Å². The van der Waals surface area contributed by atoms with Crippen LogP contribution < -0.4 is 5.73 Å². The van der Waals surface area contributed by atoms with Gasteiger partial charge < -0.3 is 10.6 Å². The first-order valence-corrected chi connectivity index (χ1v) is 6.21. The molecule has 2 rings (SSSR count). The van der Waals surface area contributed by atoms with Crippen molar-refractivity contribution in [1.82, 2.24) is 9.88 Å². The van der Waals surface area contributed by atoms with Gasteiger partial charge in [0.2, 0.25) is 0 Å². The normalized spacial score (nSPS) is 17.1. The Morgan fingerprint density at radius 3 is 2.71 bits per heavy atom. The summed E-state index contributed by atoms with van der Waals surface area (Å²) in [6, 6.07) is 3.42. The fraction of sp³-hybridized carbons (Fsp3) is 0.538. The molecule has 0 spiro atoms. The second kappa shape index (κ2) is 5.17. The Morgan fingerprint density at radius 1 is 1.47 bits per heavy atom. The zero-order valence-electron chi connectivity index (χ0n) is 10.2. The van der Waals surface area contributed by atoms with Crippen molar-refractivity contribution < 1.29 is 4.79 Å². The Kier molecular flexibility index (Phi) is 3.61. The quantitative estimate of drug-likeness (QED) is 0.849. The van der Waals surface area contributed by atoms with Gasteiger partial charge in [-0.1, -0.05) is 13.3 Å². The maximum atomic E-state index is 12.2. The average Bonchev–Trinajstić information content (AvgIpc) is 2.39. The van der Waals surface area contributed by atoms with Gasteiger partial charge in [0.05, 0.1) is 5.56 Å². The highest BCUT2D eigenvalue weighted by Crippen LogP contribution is 2.21. The van der Waals surface area contributed by atoms with Crippen molar-refractivity contribution in [2.75, 3.05) is 18.8 Å². The van der Waals surface area contributed by atoms with E-state index in [1.54, 1.807) is 18.3 Å². The number of hydrogen-bond acceptors (Lipinski definition) is 3. The molecule has 2 heterocycles. The van der Waals surface area contributed by atoms with Crippen LogP contribution in [0.3, 0.4) is 0 Å². The van der Waals surface area contributed by atoms with E-state index in [1.165, 1.54) is 6.42 Å². The second-order valence-corrected chi connectivity index (χ2v) is 4.62. The summed E-state index contributed by atoms with van der Waals surface area (Å²) in [4.78, 5) is 18.0. The third-order valence-electron chi connectivity index (χ3n) is 3.51. The van der Waals surface area contributed by atoms with Gasteiger partial charge in [0.15, 0.2) is 0 Å². The number of nitrogen functional groups attached to an aromatic ring is 1. The summed E-state index contributed by atoms with van der Waals surface area (Å²) in [6.07, 6.45) is 5.00. The highest BCUT2D eigenvalue weighted by Gasteiger charge is 2.22. The lowest BCUT2D eigenvalue weighted by atomic mass is 9.94. The SMILES string of the molecule is CCC1CCN(C(=O)c2ccc(N)nc2)CC1. The number of carbonyl (C=O) groups is 1. The van der Waals surface area contributed by atoms with Gasteiger partial charge in [0, 0.05) is 19.3 Å². The predicted molar refractivity (Wildman–Crippen MR) is 67.6 cm³/mol. The van der Waals surface area contributed by atoms with Crippen molar-refractivity contribution in [3.8, 4) is 0 Å². The van der Waals surface area contributed by atoms with E-state index in [9.17, 15) is 4.79 Å². The molecule has 1 saturated heterocycles. The molecule has 0 aliphatic carbocycles. The predicted octanol–water partition coefficient (Wildman–Crippen LogP) is 1.93. The van der Waals surface area contributed by atoms with E-state index in [0.29, 0.717) is 11.4 Å². The van der Waals surface area contributed by atoms with Crippen LogP contribution >= 0.6 is 0 Å². The lowest BCUT2D eigenvalue weighted by Gasteiger charge is -2.31. The molecule has 0 bridgehead atoms. The van der Waals surface area contributed by atoms with E-state index in [1.807, 2.05) is 4.90 Å². The first-order chi connectivity index (χ1) is 8.20. The lowest BCUT2D eigenvalue weighted by Crippen LogP contribution is -2.38. The Balaban J connectivity index is 1.99. The van der Waals surface area contributed by atoms with Gasteiger partial charge in [-0.15, -0.1) is 0 Å². The molecule has 0 saturated carbocycles. The molecular formula is C13H19N3O. The van der Waals surface area contributed by atoms with Gasteiger partial charge in [-0.2, -0.15) is 0 Å². The molecule has 0 aromatic carbocycles. The van der Waals surface area contributed by atoms with E-state index in [0.717, 1.165) is 31.8 Å². The Hall–Kier alpha value is -1.58. The third-order valence-corrected chi connectivity index (χ3v) is 3.51. The number of likely N-dealkylation sites (tertiary alicyclic amines) is 1. The molecule has 1 aromatic rings. The largest absolute Gasteiger partial charge is 0.384 e. The second-order valence-electron chi connectivity index (χ2n) is 4.62. The molecule has 4 nitrogen and oxygen atoms in total. The van der Waals surface area contributed by atoms with Gasteiger partial charge >= 0.3 is 0 Å². The topological polar surface area (TPSA) is 59.2 Å². The van der Waals surface area contributed by atoms with Crippen LogP contribution in [0.2, 0.25) is 0 Å². The van der Waals surface area contributed by atoms with Crippen LogP contribution in [-0.4, -0.2) is 28.9 Å². The van der Waals surface area contributed by atoms with E-state index >= 15 is 0 Å². The maximum absolute atomic E-state index is 12.2. The van der Waals surface area contributed by atoms with Crippen LogP contribution in [0.25, 0.3) is 0 Å². The number of piperidine rings is 1. The maximum Gasteiger partial charge on any atom is 0.255 e. The van der Waals surface area contributed by atoms with Crippen molar-refractivity contribution in [3.05, 3.63) is 23.9 Å². The molecular weight excluding hydrogens is 214 g/mol. The number of amides is 1. The van der Waals surface area contributed by atoms with Gasteiger partial charge in [-0.3, -0.25) is 4.79 Å². The molecule has 1 amide bonds. The minimum Gasteiger partial charge on any atom is -0.384 e. The van der Waals surface area contributed by atoms with E-state index < -0.39 is 0 Å². The zero-order chi connectivity index (χ0) is 12.3. The minimum atomic E-state index is 0.0760. The molecule has 0 atom stereocenters. The number of aromatic nitrogens is 1. The van der Waals surface area contributed by atoms with Gasteiger partial charge in [0.25, 0.3) is 5.91 Å². The highest BCUT2D eigenvalue weighted by molar-refractivity contribution is 5.94. The van der Waals surface area contributed by atoms with Crippen molar-refractivity contribution >= 4 is 11.7 Å².